The van der Waals surface area contributed by atoms with Crippen molar-refractivity contribution in [1.82, 2.24) is 0 Å². The van der Waals surface area contributed by atoms with E-state index in [-0.39, 0.29) is 0 Å². The van der Waals surface area contributed by atoms with Crippen molar-refractivity contribution in [2.45, 2.75) is 45.6 Å². The Balaban J connectivity index is 0.00000127. The first-order chi connectivity index (χ1) is 11.2. The Kier molecular flexibility index (Phi) is 9.65. The van der Waals surface area contributed by atoms with Crippen molar-refractivity contribution in [2.75, 3.05) is 5.75 Å². The molecule has 0 heterocycles. The first-order valence-corrected chi connectivity index (χ1v) is 9.54. The highest BCUT2D eigenvalue weighted by atomic mass is 32.2. The number of hydrogen-bond donors (Lipinski definition) is 0. The summed E-state index contributed by atoms with van der Waals surface area (Å²) in [5, 5.41) is 0.573. The molecule has 0 saturated carbocycles. The van der Waals surface area contributed by atoms with E-state index in [4.69, 9.17) is 17.0 Å². The lowest BCUT2D eigenvalue weighted by molar-refractivity contribution is 0.302. The Morgan fingerprint density at radius 2 is 1.78 bits per heavy atom. The van der Waals surface area contributed by atoms with Gasteiger partial charge in [-0.1, -0.05) is 51.1 Å². The van der Waals surface area contributed by atoms with Crippen molar-refractivity contribution < 1.29 is 4.74 Å². The van der Waals surface area contributed by atoms with E-state index < -0.39 is 0 Å². The highest BCUT2D eigenvalue weighted by Crippen LogP contribution is 2.23. The summed E-state index contributed by atoms with van der Waals surface area (Å²) in [5.41, 5.74) is 3.32. The largest absolute Gasteiger partial charge is 0.478 e. The van der Waals surface area contributed by atoms with Crippen LogP contribution < -0.4 is 0 Å². The summed E-state index contributed by atoms with van der Waals surface area (Å²) < 4.78 is 5.74. The molecule has 3 heteroatoms. The molecule has 0 aromatic heterocycles. The molecule has 0 radical (unpaired) electrons. The van der Waals surface area contributed by atoms with Crippen LogP contribution in [-0.2, 0) is 11.3 Å². The smallest absolute Gasteiger partial charge is 0.191 e. The maximum atomic E-state index is 5.74. The third-order valence-electron chi connectivity index (χ3n) is 3.10. The van der Waals surface area contributed by atoms with E-state index in [0.29, 0.717) is 11.7 Å². The normalized spacial score (nSPS) is 9.74. The summed E-state index contributed by atoms with van der Waals surface area (Å²) >= 11 is 7.29. The average Bonchev–Trinajstić information content (AvgIpc) is 2.60. The monoisotopic (exact) mass is 346 g/mol. The molecule has 1 nitrogen and oxygen atoms in total. The van der Waals surface area contributed by atoms with Crippen LogP contribution in [0, 0.1) is 6.92 Å². The first kappa shape index (κ1) is 19.7. The van der Waals surface area contributed by atoms with Crippen LogP contribution in [-0.4, -0.2) is 10.8 Å². The van der Waals surface area contributed by atoms with E-state index in [2.05, 4.69) is 32.0 Å². The van der Waals surface area contributed by atoms with Crippen LogP contribution in [0.3, 0.4) is 0 Å². The van der Waals surface area contributed by atoms with Crippen LogP contribution in [0.4, 0.5) is 0 Å². The van der Waals surface area contributed by atoms with Gasteiger partial charge in [0.25, 0.3) is 0 Å². The van der Waals surface area contributed by atoms with Crippen molar-refractivity contribution in [2.24, 2.45) is 0 Å². The zero-order chi connectivity index (χ0) is 17.1. The molecule has 0 aliphatic carbocycles. The van der Waals surface area contributed by atoms with Gasteiger partial charge in [-0.25, -0.2) is 0 Å². The molecule has 0 saturated heterocycles. The van der Waals surface area contributed by atoms with Crippen LogP contribution in [0.15, 0.2) is 53.4 Å². The van der Waals surface area contributed by atoms with Crippen molar-refractivity contribution in [3.05, 3.63) is 65.2 Å². The molecule has 0 spiro atoms. The lowest BCUT2D eigenvalue weighted by atomic mass is 10.1. The summed E-state index contributed by atoms with van der Waals surface area (Å²) in [5.74, 6) is 1.15. The fourth-order valence-corrected chi connectivity index (χ4v) is 3.13. The molecule has 0 N–H and O–H groups in total. The van der Waals surface area contributed by atoms with Crippen molar-refractivity contribution in [3.63, 3.8) is 0 Å². The molecule has 0 fully saturated rings. The third kappa shape index (κ3) is 6.76. The van der Waals surface area contributed by atoms with E-state index in [0.717, 1.165) is 16.9 Å². The molecule has 23 heavy (non-hydrogen) atoms. The van der Waals surface area contributed by atoms with E-state index in [1.165, 1.54) is 16.9 Å². The lowest BCUT2D eigenvalue weighted by Gasteiger charge is -2.11. The zero-order valence-corrected chi connectivity index (χ0v) is 16.1. The SMILES string of the molecule is CC.CCCSc1ccc(C(=S)OCc2ccccc2)c(C)c1. The summed E-state index contributed by atoms with van der Waals surface area (Å²) in [4.78, 5) is 1.30. The van der Waals surface area contributed by atoms with Gasteiger partial charge in [0, 0.05) is 10.5 Å². The molecular formula is C20H26OS2. The second kappa shape index (κ2) is 11.3. The van der Waals surface area contributed by atoms with Crippen LogP contribution in [0.5, 0.6) is 0 Å². The van der Waals surface area contributed by atoms with Gasteiger partial charge < -0.3 is 4.74 Å². The van der Waals surface area contributed by atoms with Gasteiger partial charge in [0.1, 0.15) is 6.61 Å². The van der Waals surface area contributed by atoms with Crippen molar-refractivity contribution in [1.29, 1.82) is 0 Å². The van der Waals surface area contributed by atoms with Gasteiger partial charge in [-0.15, -0.1) is 11.8 Å². The summed E-state index contributed by atoms with van der Waals surface area (Å²) in [6.07, 6.45) is 1.18. The molecular weight excluding hydrogens is 320 g/mol. The standard InChI is InChI=1S/C18H20OS2.C2H6/c1-3-11-21-16-9-10-17(14(2)12-16)18(20)19-13-15-7-5-4-6-8-15;1-2/h4-10,12H,3,11,13H2,1-2H3;1-2H3. The molecule has 0 aliphatic rings. The molecule has 0 aliphatic heterocycles. The van der Waals surface area contributed by atoms with E-state index in [9.17, 15) is 0 Å². The number of thioether (sulfide) groups is 1. The maximum absolute atomic E-state index is 5.74. The van der Waals surface area contributed by atoms with E-state index in [1.54, 1.807) is 0 Å². The molecule has 2 aromatic rings. The predicted octanol–water partition coefficient (Wildman–Crippen LogP) is 6.42. The Bertz CT molecular complexity index is 594. The fourth-order valence-electron chi connectivity index (χ4n) is 1.98. The van der Waals surface area contributed by atoms with Gasteiger partial charge >= 0.3 is 0 Å². The number of hydrogen-bond acceptors (Lipinski definition) is 3. The van der Waals surface area contributed by atoms with Gasteiger partial charge in [0.2, 0.25) is 0 Å². The number of ether oxygens (including phenoxy) is 1. The van der Waals surface area contributed by atoms with Gasteiger partial charge in [0.05, 0.1) is 0 Å². The number of rotatable bonds is 6. The van der Waals surface area contributed by atoms with Crippen LogP contribution >= 0.6 is 24.0 Å². The Morgan fingerprint density at radius 1 is 1.09 bits per heavy atom. The van der Waals surface area contributed by atoms with Crippen molar-refractivity contribution >= 4 is 29.0 Å². The number of aryl methyl sites for hydroxylation is 1. The summed E-state index contributed by atoms with van der Waals surface area (Å²) in [7, 11) is 0. The minimum Gasteiger partial charge on any atom is -0.478 e. The quantitative estimate of drug-likeness (QED) is 0.441. The van der Waals surface area contributed by atoms with Crippen molar-refractivity contribution in [3.8, 4) is 0 Å². The maximum Gasteiger partial charge on any atom is 0.191 e. The third-order valence-corrected chi connectivity index (χ3v) is 4.64. The number of thiocarbonyl (C=S) groups is 1. The predicted molar refractivity (Wildman–Crippen MR) is 106 cm³/mol. The minimum absolute atomic E-state index is 0.519. The van der Waals surface area contributed by atoms with Gasteiger partial charge in [-0.2, -0.15) is 0 Å². The van der Waals surface area contributed by atoms with Gasteiger partial charge in [0.15, 0.2) is 5.05 Å². The zero-order valence-electron chi connectivity index (χ0n) is 14.5. The average molecular weight is 347 g/mol. The van der Waals surface area contributed by atoms with Crippen LogP contribution in [0.1, 0.15) is 43.9 Å². The minimum atomic E-state index is 0.519. The highest BCUT2D eigenvalue weighted by molar-refractivity contribution is 7.99. The number of benzene rings is 2. The fraction of sp³-hybridized carbons (Fsp3) is 0.350. The summed E-state index contributed by atoms with van der Waals surface area (Å²) in [6, 6.07) is 16.5. The van der Waals surface area contributed by atoms with E-state index >= 15 is 0 Å². The molecule has 0 bridgehead atoms. The molecule has 0 atom stereocenters. The molecule has 2 rings (SSSR count). The second-order valence-electron chi connectivity index (χ2n) is 4.89. The Morgan fingerprint density at radius 3 is 2.39 bits per heavy atom. The summed E-state index contributed by atoms with van der Waals surface area (Å²) in [6.45, 7) is 8.80. The molecule has 2 aromatic carbocycles. The van der Waals surface area contributed by atoms with Gasteiger partial charge in [-0.05, 0) is 60.6 Å². The second-order valence-corrected chi connectivity index (χ2v) is 6.43. The molecule has 0 amide bonds. The molecule has 124 valence electrons. The molecule has 0 unspecified atom stereocenters. The lowest BCUT2D eigenvalue weighted by Crippen LogP contribution is -2.05. The van der Waals surface area contributed by atoms with Gasteiger partial charge in [-0.3, -0.25) is 0 Å². The Hall–Kier alpha value is -1.32. The van der Waals surface area contributed by atoms with Crippen LogP contribution in [0.2, 0.25) is 0 Å². The van der Waals surface area contributed by atoms with E-state index in [1.807, 2.05) is 55.9 Å². The first-order valence-electron chi connectivity index (χ1n) is 8.15. The highest BCUT2D eigenvalue weighted by Gasteiger charge is 2.07. The van der Waals surface area contributed by atoms with Crippen LogP contribution in [0.25, 0.3) is 0 Å². The topological polar surface area (TPSA) is 9.23 Å². The Labute approximate surface area is 150 Å².